The van der Waals surface area contributed by atoms with Crippen molar-refractivity contribution in [2.24, 2.45) is 0 Å². The third kappa shape index (κ3) is 6.25. The average molecular weight is 264 g/mol. The summed E-state index contributed by atoms with van der Waals surface area (Å²) in [6.07, 6.45) is 0.790. The molecule has 0 aliphatic carbocycles. The molecule has 0 atom stereocenters. The fourth-order valence-corrected chi connectivity index (χ4v) is 1.74. The first kappa shape index (κ1) is 15.5. The lowest BCUT2D eigenvalue weighted by molar-refractivity contribution is 0.170. The van der Waals surface area contributed by atoms with Crippen molar-refractivity contribution in [2.75, 3.05) is 19.7 Å². The number of benzene rings is 1. The van der Waals surface area contributed by atoms with Crippen molar-refractivity contribution < 1.29 is 9.90 Å². The van der Waals surface area contributed by atoms with Crippen molar-refractivity contribution in [1.29, 1.82) is 0 Å². The predicted octanol–water partition coefficient (Wildman–Crippen LogP) is 2.03. The molecule has 19 heavy (non-hydrogen) atoms. The van der Waals surface area contributed by atoms with Crippen molar-refractivity contribution in [1.82, 2.24) is 10.2 Å². The molecule has 4 nitrogen and oxygen atoms in total. The topological polar surface area (TPSA) is 52.6 Å². The number of hydrogen-bond acceptors (Lipinski definition) is 2. The normalized spacial score (nSPS) is 11.2. The lowest BCUT2D eigenvalue weighted by atomic mass is 10.1. The van der Waals surface area contributed by atoms with Crippen molar-refractivity contribution in [3.8, 4) is 0 Å². The van der Waals surface area contributed by atoms with Crippen LogP contribution in [0, 0.1) is 0 Å². The van der Waals surface area contributed by atoms with Crippen LogP contribution in [0.1, 0.15) is 26.3 Å². The Morgan fingerprint density at radius 3 is 2.37 bits per heavy atom. The van der Waals surface area contributed by atoms with Crippen LogP contribution in [0.15, 0.2) is 30.3 Å². The molecule has 0 aliphatic heterocycles. The highest BCUT2D eigenvalue weighted by Crippen LogP contribution is 2.04. The van der Waals surface area contributed by atoms with Crippen LogP contribution in [0.4, 0.5) is 4.79 Å². The summed E-state index contributed by atoms with van der Waals surface area (Å²) in [4.78, 5) is 13.7. The number of aliphatic hydroxyl groups is 1. The zero-order valence-corrected chi connectivity index (χ0v) is 12.0. The molecule has 0 saturated heterocycles. The summed E-state index contributed by atoms with van der Waals surface area (Å²) >= 11 is 0. The van der Waals surface area contributed by atoms with E-state index in [1.807, 2.05) is 51.1 Å². The molecule has 0 fully saturated rings. The van der Waals surface area contributed by atoms with Gasteiger partial charge in [0.2, 0.25) is 0 Å². The molecular formula is C15H24N2O2. The molecule has 0 saturated carbocycles. The first-order chi connectivity index (χ1) is 8.92. The Labute approximate surface area is 115 Å². The molecule has 0 aliphatic rings. The van der Waals surface area contributed by atoms with Gasteiger partial charge in [0.25, 0.3) is 0 Å². The van der Waals surface area contributed by atoms with Gasteiger partial charge in [0, 0.05) is 18.6 Å². The fraction of sp³-hybridized carbons (Fsp3) is 0.533. The van der Waals surface area contributed by atoms with Crippen LogP contribution in [-0.2, 0) is 6.42 Å². The van der Waals surface area contributed by atoms with E-state index in [1.54, 1.807) is 4.90 Å². The molecule has 1 aromatic carbocycles. The van der Waals surface area contributed by atoms with Crippen molar-refractivity contribution in [2.45, 2.75) is 32.7 Å². The van der Waals surface area contributed by atoms with E-state index < -0.39 is 0 Å². The number of nitrogens with zero attached hydrogens (tertiary/aromatic N) is 1. The summed E-state index contributed by atoms with van der Waals surface area (Å²) in [5.74, 6) is 0. The molecule has 1 rings (SSSR count). The zero-order valence-electron chi connectivity index (χ0n) is 12.0. The zero-order chi connectivity index (χ0) is 14.3. The van der Waals surface area contributed by atoms with Crippen molar-refractivity contribution >= 4 is 6.03 Å². The van der Waals surface area contributed by atoms with E-state index in [4.69, 9.17) is 5.11 Å². The maximum absolute atomic E-state index is 12.1. The van der Waals surface area contributed by atoms with Gasteiger partial charge in [0.1, 0.15) is 0 Å². The highest BCUT2D eigenvalue weighted by molar-refractivity contribution is 5.74. The van der Waals surface area contributed by atoms with Gasteiger partial charge in [-0.1, -0.05) is 30.3 Å². The van der Waals surface area contributed by atoms with E-state index in [2.05, 4.69) is 5.32 Å². The lowest BCUT2D eigenvalue weighted by Crippen LogP contribution is -2.49. The molecule has 0 spiro atoms. The minimum Gasteiger partial charge on any atom is -0.395 e. The molecular weight excluding hydrogens is 240 g/mol. The number of aliphatic hydroxyl groups excluding tert-OH is 1. The van der Waals surface area contributed by atoms with Gasteiger partial charge in [-0.2, -0.15) is 0 Å². The Morgan fingerprint density at radius 1 is 1.21 bits per heavy atom. The molecule has 4 heteroatoms. The van der Waals surface area contributed by atoms with Crippen molar-refractivity contribution in [3.63, 3.8) is 0 Å². The summed E-state index contributed by atoms with van der Waals surface area (Å²) < 4.78 is 0. The second-order valence-corrected chi connectivity index (χ2v) is 5.63. The molecule has 0 radical (unpaired) electrons. The quantitative estimate of drug-likeness (QED) is 0.855. The second-order valence-electron chi connectivity index (χ2n) is 5.63. The van der Waals surface area contributed by atoms with Gasteiger partial charge in [0.15, 0.2) is 0 Å². The van der Waals surface area contributed by atoms with E-state index in [-0.39, 0.29) is 18.2 Å². The third-order valence-corrected chi connectivity index (χ3v) is 2.65. The first-order valence-electron chi connectivity index (χ1n) is 6.64. The fourth-order valence-electron chi connectivity index (χ4n) is 1.74. The molecule has 1 aromatic rings. The number of amides is 2. The van der Waals surface area contributed by atoms with Gasteiger partial charge in [-0.3, -0.25) is 0 Å². The smallest absolute Gasteiger partial charge is 0.317 e. The van der Waals surface area contributed by atoms with Crippen molar-refractivity contribution in [3.05, 3.63) is 35.9 Å². The van der Waals surface area contributed by atoms with E-state index in [9.17, 15) is 4.79 Å². The number of nitrogens with one attached hydrogen (secondary N) is 1. The summed E-state index contributed by atoms with van der Waals surface area (Å²) in [6, 6.07) is 9.90. The summed E-state index contributed by atoms with van der Waals surface area (Å²) in [5.41, 5.74) is 0.923. The van der Waals surface area contributed by atoms with Gasteiger partial charge in [-0.25, -0.2) is 4.79 Å². The lowest BCUT2D eigenvalue weighted by Gasteiger charge is -2.28. The largest absolute Gasteiger partial charge is 0.395 e. The molecule has 2 amide bonds. The highest BCUT2D eigenvalue weighted by Gasteiger charge is 2.18. The minimum atomic E-state index is -0.266. The van der Waals surface area contributed by atoms with Gasteiger partial charge >= 0.3 is 6.03 Å². The number of hydrogen-bond donors (Lipinski definition) is 2. The summed E-state index contributed by atoms with van der Waals surface area (Å²) in [7, 11) is 0. The maximum atomic E-state index is 12.1. The molecule has 0 heterocycles. The van der Waals surface area contributed by atoms with Crippen LogP contribution in [-0.4, -0.2) is 41.3 Å². The third-order valence-electron chi connectivity index (χ3n) is 2.65. The number of rotatable bonds is 5. The van der Waals surface area contributed by atoms with E-state index in [1.165, 1.54) is 5.56 Å². The Hall–Kier alpha value is -1.55. The number of urea groups is 1. The van der Waals surface area contributed by atoms with Gasteiger partial charge < -0.3 is 15.3 Å². The Balaban J connectivity index is 2.55. The minimum absolute atomic E-state index is 0.0215. The highest BCUT2D eigenvalue weighted by atomic mass is 16.3. The standard InChI is InChI=1S/C15H24N2O2/c1-15(2,3)16-14(19)17(11-12-18)10-9-13-7-5-4-6-8-13/h4-8,18H,9-12H2,1-3H3,(H,16,19). The van der Waals surface area contributed by atoms with Gasteiger partial charge in [0.05, 0.1) is 6.61 Å². The summed E-state index contributed by atoms with van der Waals surface area (Å²) in [6.45, 7) is 6.77. The second kappa shape index (κ2) is 7.14. The van der Waals surface area contributed by atoms with Crippen LogP contribution in [0.25, 0.3) is 0 Å². The number of carbonyl (C=O) groups is 1. The molecule has 0 bridgehead atoms. The van der Waals surface area contributed by atoms with E-state index >= 15 is 0 Å². The van der Waals surface area contributed by atoms with Gasteiger partial charge in [-0.05, 0) is 32.8 Å². The SMILES string of the molecule is CC(C)(C)NC(=O)N(CCO)CCc1ccccc1. The van der Waals surface area contributed by atoms with Crippen LogP contribution in [0.5, 0.6) is 0 Å². The first-order valence-corrected chi connectivity index (χ1v) is 6.64. The van der Waals surface area contributed by atoms with E-state index in [0.717, 1.165) is 6.42 Å². The predicted molar refractivity (Wildman–Crippen MR) is 77.1 cm³/mol. The number of carbonyl (C=O) groups excluding carboxylic acids is 1. The van der Waals surface area contributed by atoms with Crippen LogP contribution >= 0.6 is 0 Å². The molecule has 106 valence electrons. The molecule has 2 N–H and O–H groups in total. The van der Waals surface area contributed by atoms with Crippen LogP contribution < -0.4 is 5.32 Å². The maximum Gasteiger partial charge on any atom is 0.317 e. The van der Waals surface area contributed by atoms with E-state index in [0.29, 0.717) is 13.1 Å². The average Bonchev–Trinajstić information content (AvgIpc) is 2.33. The summed E-state index contributed by atoms with van der Waals surface area (Å²) in [5, 5.41) is 12.0. The molecule has 0 aromatic heterocycles. The molecule has 0 unspecified atom stereocenters. The Kier molecular flexibility index (Phi) is 5.83. The Bertz CT molecular complexity index is 385. The van der Waals surface area contributed by atoms with Crippen LogP contribution in [0.2, 0.25) is 0 Å². The Morgan fingerprint density at radius 2 is 1.84 bits per heavy atom. The monoisotopic (exact) mass is 264 g/mol. The van der Waals surface area contributed by atoms with Gasteiger partial charge in [-0.15, -0.1) is 0 Å². The van der Waals surface area contributed by atoms with Crippen LogP contribution in [0.3, 0.4) is 0 Å².